The molecule has 6 nitrogen and oxygen atoms in total. The standard InChI is InChI=1S/C17H14FNO5/c1-10-3-4-13(9-15(10)19(22)23)17(21)24-11(2)16(20)12-5-7-14(18)8-6-12/h3-9,11H,1-2H3. The molecule has 7 heteroatoms. The number of carbonyl (C=O) groups excluding carboxylic acids is 2. The van der Waals surface area contributed by atoms with Gasteiger partial charge in [0, 0.05) is 17.2 Å². The van der Waals surface area contributed by atoms with Gasteiger partial charge in [0.25, 0.3) is 5.69 Å². The average Bonchev–Trinajstić information content (AvgIpc) is 2.54. The lowest BCUT2D eigenvalue weighted by molar-refractivity contribution is -0.385. The molecular formula is C17H14FNO5. The van der Waals surface area contributed by atoms with Gasteiger partial charge in [-0.3, -0.25) is 14.9 Å². The predicted molar refractivity (Wildman–Crippen MR) is 83.4 cm³/mol. The molecule has 2 aromatic rings. The van der Waals surface area contributed by atoms with Crippen LogP contribution in [0.1, 0.15) is 33.2 Å². The van der Waals surface area contributed by atoms with Gasteiger partial charge in [0.15, 0.2) is 6.10 Å². The molecule has 0 aromatic heterocycles. The van der Waals surface area contributed by atoms with Crippen molar-refractivity contribution in [3.63, 3.8) is 0 Å². The molecule has 1 unspecified atom stereocenters. The lowest BCUT2D eigenvalue weighted by Gasteiger charge is -2.12. The van der Waals surface area contributed by atoms with E-state index in [1.54, 1.807) is 6.92 Å². The SMILES string of the molecule is Cc1ccc(C(=O)OC(C)C(=O)c2ccc(F)cc2)cc1[N+](=O)[O-]. The van der Waals surface area contributed by atoms with Crippen LogP contribution < -0.4 is 0 Å². The van der Waals surface area contributed by atoms with Crippen LogP contribution >= 0.6 is 0 Å². The Hall–Kier alpha value is -3.09. The van der Waals surface area contributed by atoms with E-state index in [9.17, 15) is 24.1 Å². The van der Waals surface area contributed by atoms with E-state index in [-0.39, 0.29) is 16.8 Å². The summed E-state index contributed by atoms with van der Waals surface area (Å²) in [6.07, 6.45) is -1.11. The summed E-state index contributed by atoms with van der Waals surface area (Å²) in [6, 6.07) is 8.77. The Bertz CT molecular complexity index is 801. The molecule has 0 heterocycles. The number of nitro groups is 1. The van der Waals surface area contributed by atoms with Crippen molar-refractivity contribution in [1.29, 1.82) is 0 Å². The highest BCUT2D eigenvalue weighted by Gasteiger charge is 2.22. The van der Waals surface area contributed by atoms with E-state index in [0.717, 1.165) is 18.2 Å². The highest BCUT2D eigenvalue weighted by Crippen LogP contribution is 2.20. The van der Waals surface area contributed by atoms with Crippen LogP contribution in [0, 0.1) is 22.9 Å². The van der Waals surface area contributed by atoms with Crippen LogP contribution in [0.5, 0.6) is 0 Å². The van der Waals surface area contributed by atoms with Gasteiger partial charge in [-0.2, -0.15) is 0 Å². The molecule has 1 atom stereocenters. The van der Waals surface area contributed by atoms with E-state index < -0.39 is 28.6 Å². The van der Waals surface area contributed by atoms with Gasteiger partial charge in [-0.1, -0.05) is 6.07 Å². The molecule has 0 radical (unpaired) electrons. The number of benzene rings is 2. The Morgan fingerprint density at radius 3 is 2.29 bits per heavy atom. The zero-order valence-electron chi connectivity index (χ0n) is 13.0. The molecule has 2 aromatic carbocycles. The Labute approximate surface area is 137 Å². The third kappa shape index (κ3) is 3.81. The molecule has 0 bridgehead atoms. The van der Waals surface area contributed by atoms with Gasteiger partial charge in [0.05, 0.1) is 10.5 Å². The van der Waals surface area contributed by atoms with Gasteiger partial charge >= 0.3 is 5.97 Å². The normalized spacial score (nSPS) is 11.6. The minimum atomic E-state index is -1.11. The minimum Gasteiger partial charge on any atom is -0.451 e. The van der Waals surface area contributed by atoms with Crippen molar-refractivity contribution in [3.8, 4) is 0 Å². The fraction of sp³-hybridized carbons (Fsp3) is 0.176. The molecule has 0 fully saturated rings. The van der Waals surface area contributed by atoms with Crippen molar-refractivity contribution in [2.75, 3.05) is 0 Å². The van der Waals surface area contributed by atoms with E-state index in [4.69, 9.17) is 4.74 Å². The van der Waals surface area contributed by atoms with Crippen LogP contribution in [0.3, 0.4) is 0 Å². The molecular weight excluding hydrogens is 317 g/mol. The van der Waals surface area contributed by atoms with Gasteiger partial charge in [0.2, 0.25) is 5.78 Å². The van der Waals surface area contributed by atoms with E-state index >= 15 is 0 Å². The summed E-state index contributed by atoms with van der Waals surface area (Å²) in [5.41, 5.74) is 0.381. The maximum Gasteiger partial charge on any atom is 0.339 e. The van der Waals surface area contributed by atoms with Gasteiger partial charge in [0.1, 0.15) is 5.82 Å². The zero-order chi connectivity index (χ0) is 17.9. The average molecular weight is 331 g/mol. The maximum absolute atomic E-state index is 12.9. The molecule has 0 amide bonds. The first-order chi connectivity index (χ1) is 11.3. The second-order valence-electron chi connectivity index (χ2n) is 5.18. The number of nitro benzene ring substituents is 1. The summed E-state index contributed by atoms with van der Waals surface area (Å²) in [7, 11) is 0. The summed E-state index contributed by atoms with van der Waals surface area (Å²) in [6.45, 7) is 2.93. The third-order valence-electron chi connectivity index (χ3n) is 3.42. The van der Waals surface area contributed by atoms with E-state index in [1.807, 2.05) is 0 Å². The maximum atomic E-state index is 12.9. The molecule has 124 valence electrons. The van der Waals surface area contributed by atoms with Crippen LogP contribution in [-0.4, -0.2) is 22.8 Å². The fourth-order valence-corrected chi connectivity index (χ4v) is 2.06. The summed E-state index contributed by atoms with van der Waals surface area (Å²) in [5.74, 6) is -1.82. The minimum absolute atomic E-state index is 0.0222. The number of hydrogen-bond acceptors (Lipinski definition) is 5. The summed E-state index contributed by atoms with van der Waals surface area (Å²) >= 11 is 0. The first-order valence-electron chi connectivity index (χ1n) is 7.05. The van der Waals surface area contributed by atoms with Crippen LogP contribution in [0.4, 0.5) is 10.1 Å². The molecule has 0 N–H and O–H groups in total. The highest BCUT2D eigenvalue weighted by molar-refractivity contribution is 6.01. The molecule has 0 aliphatic carbocycles. The molecule has 0 aliphatic rings. The number of carbonyl (C=O) groups is 2. The number of rotatable bonds is 5. The number of hydrogen-bond donors (Lipinski definition) is 0. The Morgan fingerprint density at radius 2 is 1.71 bits per heavy atom. The summed E-state index contributed by atoms with van der Waals surface area (Å²) in [4.78, 5) is 34.5. The fourth-order valence-electron chi connectivity index (χ4n) is 2.06. The first-order valence-corrected chi connectivity index (χ1v) is 7.05. The van der Waals surface area contributed by atoms with E-state index in [2.05, 4.69) is 0 Å². The largest absolute Gasteiger partial charge is 0.451 e. The second kappa shape index (κ2) is 6.99. The van der Waals surface area contributed by atoms with Gasteiger partial charge < -0.3 is 4.74 Å². The van der Waals surface area contributed by atoms with Crippen molar-refractivity contribution >= 4 is 17.4 Å². The number of Topliss-reactive ketones (excluding diaryl/α,β-unsaturated/α-hetero) is 1. The molecule has 24 heavy (non-hydrogen) atoms. The highest BCUT2D eigenvalue weighted by atomic mass is 19.1. The first kappa shape index (κ1) is 17.3. The predicted octanol–water partition coefficient (Wildman–Crippen LogP) is 3.47. The Morgan fingerprint density at radius 1 is 1.12 bits per heavy atom. The molecule has 0 spiro atoms. The van der Waals surface area contributed by atoms with Crippen molar-refractivity contribution in [2.24, 2.45) is 0 Å². The number of ketones is 1. The topological polar surface area (TPSA) is 86.5 Å². The van der Waals surface area contributed by atoms with Crippen molar-refractivity contribution in [2.45, 2.75) is 20.0 Å². The number of nitrogens with zero attached hydrogens (tertiary/aromatic N) is 1. The summed E-state index contributed by atoms with van der Waals surface area (Å²) < 4.78 is 17.9. The molecule has 2 rings (SSSR count). The summed E-state index contributed by atoms with van der Waals surface area (Å²) in [5, 5.41) is 10.9. The van der Waals surface area contributed by atoms with Gasteiger partial charge in [-0.15, -0.1) is 0 Å². The quantitative estimate of drug-likeness (QED) is 0.362. The van der Waals surface area contributed by atoms with Crippen molar-refractivity contribution in [1.82, 2.24) is 0 Å². The van der Waals surface area contributed by atoms with Crippen molar-refractivity contribution < 1.29 is 23.6 Å². The van der Waals surface area contributed by atoms with Crippen LogP contribution in [0.25, 0.3) is 0 Å². The molecule has 0 saturated carbocycles. The number of aryl methyl sites for hydroxylation is 1. The lowest BCUT2D eigenvalue weighted by Crippen LogP contribution is -2.24. The van der Waals surface area contributed by atoms with Crippen LogP contribution in [0.15, 0.2) is 42.5 Å². The van der Waals surface area contributed by atoms with E-state index in [1.165, 1.54) is 31.2 Å². The number of esters is 1. The van der Waals surface area contributed by atoms with Crippen LogP contribution in [0.2, 0.25) is 0 Å². The van der Waals surface area contributed by atoms with Crippen LogP contribution in [-0.2, 0) is 4.74 Å². The van der Waals surface area contributed by atoms with Gasteiger partial charge in [-0.25, -0.2) is 9.18 Å². The zero-order valence-corrected chi connectivity index (χ0v) is 13.0. The Balaban J connectivity index is 2.14. The molecule has 0 aliphatic heterocycles. The Kier molecular flexibility index (Phi) is 5.03. The van der Waals surface area contributed by atoms with E-state index in [0.29, 0.717) is 5.56 Å². The number of halogens is 1. The second-order valence-corrected chi connectivity index (χ2v) is 5.18. The van der Waals surface area contributed by atoms with Crippen molar-refractivity contribution in [3.05, 3.63) is 75.1 Å². The smallest absolute Gasteiger partial charge is 0.339 e. The molecule has 0 saturated heterocycles. The monoisotopic (exact) mass is 331 g/mol. The number of ether oxygens (including phenoxy) is 1. The third-order valence-corrected chi connectivity index (χ3v) is 3.42. The lowest BCUT2D eigenvalue weighted by atomic mass is 10.1. The van der Waals surface area contributed by atoms with Gasteiger partial charge in [-0.05, 0) is 44.2 Å².